The summed E-state index contributed by atoms with van der Waals surface area (Å²) in [7, 11) is 1.03. The zero-order chi connectivity index (χ0) is 24.3. The molecule has 0 aliphatic rings. The van der Waals surface area contributed by atoms with Crippen molar-refractivity contribution in [2.24, 2.45) is 7.05 Å². The summed E-state index contributed by atoms with van der Waals surface area (Å²) in [6.45, 7) is 3.21. The minimum absolute atomic E-state index is 0.0828. The number of benzene rings is 1. The molecule has 0 bridgehead atoms. The fourth-order valence-electron chi connectivity index (χ4n) is 2.91. The van der Waals surface area contributed by atoms with Gasteiger partial charge in [0, 0.05) is 19.2 Å². The number of hydrogen-bond donors (Lipinski definition) is 1. The van der Waals surface area contributed by atoms with Gasteiger partial charge in [-0.05, 0) is 25.8 Å². The van der Waals surface area contributed by atoms with Crippen LogP contribution in [0, 0.1) is 10.1 Å². The number of halogens is 4. The van der Waals surface area contributed by atoms with Crippen LogP contribution in [0.3, 0.4) is 0 Å². The van der Waals surface area contributed by atoms with Crippen molar-refractivity contribution in [2.45, 2.75) is 51.3 Å². The Morgan fingerprint density at radius 1 is 1.34 bits per heavy atom. The first-order chi connectivity index (χ1) is 14.8. The van der Waals surface area contributed by atoms with Crippen molar-refractivity contribution in [2.75, 3.05) is 0 Å². The van der Waals surface area contributed by atoms with Gasteiger partial charge in [-0.2, -0.15) is 13.2 Å². The molecule has 2 rings (SSSR count). The maximum Gasteiger partial charge on any atom is 0.434 e. The van der Waals surface area contributed by atoms with Crippen LogP contribution >= 0.6 is 11.6 Å². The molecule has 176 valence electrons. The molecule has 0 spiro atoms. The second kappa shape index (κ2) is 9.63. The van der Waals surface area contributed by atoms with Crippen LogP contribution in [0.2, 0.25) is 5.02 Å². The average molecular weight is 480 g/mol. The molecule has 1 aromatic heterocycles. The van der Waals surface area contributed by atoms with E-state index in [4.69, 9.17) is 21.1 Å². The zero-order valence-electron chi connectivity index (χ0n) is 17.4. The highest BCUT2D eigenvalue weighted by atomic mass is 35.5. The van der Waals surface area contributed by atoms with E-state index in [1.54, 1.807) is 0 Å². The third-order valence-electron chi connectivity index (χ3n) is 4.62. The minimum atomic E-state index is -4.79. The molecule has 0 saturated carbocycles. The molecule has 0 amide bonds. The predicted molar refractivity (Wildman–Crippen MR) is 107 cm³/mol. The number of nitro groups is 1. The molecule has 9 nitrogen and oxygen atoms in total. The van der Waals surface area contributed by atoms with Gasteiger partial charge < -0.3 is 14.6 Å². The summed E-state index contributed by atoms with van der Waals surface area (Å²) in [6, 6.07) is 3.11. The number of nitro benzene ring substituents is 1. The Morgan fingerprint density at radius 3 is 2.50 bits per heavy atom. The third-order valence-corrected chi connectivity index (χ3v) is 4.96. The largest absolute Gasteiger partial charge is 0.478 e. The van der Waals surface area contributed by atoms with Crippen LogP contribution in [0.1, 0.15) is 45.2 Å². The number of carboxylic acid groups (broad SMARTS) is 1. The second-order valence-corrected chi connectivity index (χ2v) is 7.55. The van der Waals surface area contributed by atoms with Crippen molar-refractivity contribution < 1.29 is 37.5 Å². The highest BCUT2D eigenvalue weighted by Crippen LogP contribution is 2.42. The average Bonchev–Trinajstić information content (AvgIpc) is 2.95. The van der Waals surface area contributed by atoms with Crippen LogP contribution in [-0.4, -0.2) is 31.4 Å². The molecule has 2 aromatic rings. The molecule has 1 aromatic carbocycles. The van der Waals surface area contributed by atoms with E-state index >= 15 is 0 Å². The van der Waals surface area contributed by atoms with Crippen LogP contribution in [0.4, 0.5) is 18.9 Å². The standard InChI is InChI=1S/C19H21ClF3N3O6/c1-4-5-6-9-18(2,17(27)28)32-13-10-11(7-8-12(13)26(29)30)31-16-14(20)15(19(21,22)23)25(3)24-16/h7-8,10H,4-6,9H2,1-3H3,(H,27,28). The van der Waals surface area contributed by atoms with Crippen LogP contribution in [0.15, 0.2) is 18.2 Å². The first kappa shape index (κ1) is 25.2. The van der Waals surface area contributed by atoms with Gasteiger partial charge in [-0.1, -0.05) is 31.4 Å². The van der Waals surface area contributed by atoms with Gasteiger partial charge in [0.25, 0.3) is 5.88 Å². The summed E-state index contributed by atoms with van der Waals surface area (Å²) in [5, 5.41) is 23.8. The normalized spacial score (nSPS) is 13.5. The van der Waals surface area contributed by atoms with Crippen molar-refractivity contribution in [3.05, 3.63) is 39.0 Å². The van der Waals surface area contributed by atoms with Crippen LogP contribution in [-0.2, 0) is 18.0 Å². The summed E-state index contributed by atoms with van der Waals surface area (Å²) in [6.07, 6.45) is -2.64. The first-order valence-corrected chi connectivity index (χ1v) is 9.86. The fraction of sp³-hybridized carbons (Fsp3) is 0.474. The van der Waals surface area contributed by atoms with E-state index in [0.717, 1.165) is 38.1 Å². The van der Waals surface area contributed by atoms with Crippen LogP contribution < -0.4 is 9.47 Å². The summed E-state index contributed by atoms with van der Waals surface area (Å²) >= 11 is 5.76. The van der Waals surface area contributed by atoms with Gasteiger partial charge in [0.1, 0.15) is 10.8 Å². The molecular weight excluding hydrogens is 459 g/mol. The van der Waals surface area contributed by atoms with E-state index in [1.807, 2.05) is 6.92 Å². The molecule has 0 radical (unpaired) electrons. The highest BCUT2D eigenvalue weighted by molar-refractivity contribution is 6.32. The Bertz CT molecular complexity index is 1010. The number of carbonyl (C=O) groups is 1. The molecule has 0 aliphatic heterocycles. The van der Waals surface area contributed by atoms with E-state index in [1.165, 1.54) is 6.92 Å². The summed E-state index contributed by atoms with van der Waals surface area (Å²) < 4.78 is 50.6. The van der Waals surface area contributed by atoms with Gasteiger partial charge in [-0.15, -0.1) is 5.10 Å². The Labute approximate surface area is 185 Å². The number of alkyl halides is 3. The number of aromatic nitrogens is 2. The van der Waals surface area contributed by atoms with Gasteiger partial charge in [0.15, 0.2) is 5.69 Å². The lowest BCUT2D eigenvalue weighted by molar-refractivity contribution is -0.386. The SMILES string of the molecule is CCCCCC(C)(Oc1cc(Oc2nn(C)c(C(F)(F)F)c2Cl)ccc1[N+](=O)[O-])C(=O)O. The zero-order valence-corrected chi connectivity index (χ0v) is 18.2. The van der Waals surface area contributed by atoms with Crippen molar-refractivity contribution in [1.82, 2.24) is 9.78 Å². The van der Waals surface area contributed by atoms with Crippen molar-refractivity contribution >= 4 is 23.3 Å². The molecule has 0 fully saturated rings. The molecular formula is C19H21ClF3N3O6. The first-order valence-electron chi connectivity index (χ1n) is 9.48. The summed E-state index contributed by atoms with van der Waals surface area (Å²) in [5.74, 6) is -2.50. The number of aryl methyl sites for hydroxylation is 1. The van der Waals surface area contributed by atoms with E-state index < -0.39 is 50.7 Å². The summed E-state index contributed by atoms with van der Waals surface area (Å²) in [4.78, 5) is 22.4. The molecule has 1 atom stereocenters. The van der Waals surface area contributed by atoms with Crippen molar-refractivity contribution in [3.8, 4) is 17.4 Å². The van der Waals surface area contributed by atoms with Crippen molar-refractivity contribution in [1.29, 1.82) is 0 Å². The smallest absolute Gasteiger partial charge is 0.434 e. The van der Waals surface area contributed by atoms with E-state index in [0.29, 0.717) is 11.1 Å². The Kier molecular flexibility index (Phi) is 7.60. The second-order valence-electron chi connectivity index (χ2n) is 7.17. The minimum Gasteiger partial charge on any atom is -0.478 e. The van der Waals surface area contributed by atoms with Crippen molar-refractivity contribution in [3.63, 3.8) is 0 Å². The predicted octanol–water partition coefficient (Wildman–Crippen LogP) is 5.60. The topological polar surface area (TPSA) is 117 Å². The Morgan fingerprint density at radius 2 is 2.00 bits per heavy atom. The van der Waals surface area contributed by atoms with Crippen LogP contribution in [0.25, 0.3) is 0 Å². The maximum absolute atomic E-state index is 13.1. The molecule has 0 saturated heterocycles. The molecule has 0 aliphatic carbocycles. The van der Waals surface area contributed by atoms with Gasteiger partial charge >= 0.3 is 17.8 Å². The van der Waals surface area contributed by atoms with Gasteiger partial charge in [0.05, 0.1) is 4.92 Å². The van der Waals surface area contributed by atoms with E-state index in [-0.39, 0.29) is 12.2 Å². The van der Waals surface area contributed by atoms with Gasteiger partial charge in [-0.3, -0.25) is 14.8 Å². The fourth-order valence-corrected chi connectivity index (χ4v) is 3.21. The number of unbranched alkanes of at least 4 members (excludes halogenated alkanes) is 2. The molecule has 1 unspecified atom stereocenters. The summed E-state index contributed by atoms with van der Waals surface area (Å²) in [5.41, 5.74) is -3.55. The quantitative estimate of drug-likeness (QED) is 0.268. The highest BCUT2D eigenvalue weighted by Gasteiger charge is 2.40. The van der Waals surface area contributed by atoms with Gasteiger partial charge in [0.2, 0.25) is 11.4 Å². The monoisotopic (exact) mass is 479 g/mol. The van der Waals surface area contributed by atoms with Crippen LogP contribution in [0.5, 0.6) is 17.4 Å². The lowest BCUT2D eigenvalue weighted by atomic mass is 9.98. The lowest BCUT2D eigenvalue weighted by Crippen LogP contribution is -2.41. The number of carboxylic acids is 1. The maximum atomic E-state index is 13.1. The lowest BCUT2D eigenvalue weighted by Gasteiger charge is -2.26. The number of hydrogen-bond acceptors (Lipinski definition) is 6. The van der Waals surface area contributed by atoms with E-state index in [9.17, 15) is 33.2 Å². The number of rotatable bonds is 10. The Hall–Kier alpha value is -3.02. The third kappa shape index (κ3) is 5.61. The Balaban J connectivity index is 2.42. The van der Waals surface area contributed by atoms with E-state index in [2.05, 4.69) is 5.10 Å². The molecule has 13 heteroatoms. The number of nitrogens with zero attached hydrogens (tertiary/aromatic N) is 3. The van der Waals surface area contributed by atoms with Gasteiger partial charge in [-0.25, -0.2) is 4.79 Å². The number of aliphatic carboxylic acids is 1. The number of ether oxygens (including phenoxy) is 2. The molecule has 1 heterocycles. The molecule has 1 N–H and O–H groups in total. The molecule has 32 heavy (non-hydrogen) atoms.